The van der Waals surface area contributed by atoms with Crippen molar-refractivity contribution in [3.63, 3.8) is 0 Å². The number of aromatic nitrogens is 2. The third-order valence-electron chi connectivity index (χ3n) is 5.58. The Morgan fingerprint density at radius 1 is 1.00 bits per heavy atom. The van der Waals surface area contributed by atoms with E-state index in [1.165, 1.54) is 4.90 Å². The van der Waals surface area contributed by atoms with Gasteiger partial charge in [0.2, 0.25) is 0 Å². The molecule has 0 bridgehead atoms. The standard InChI is InChI=1S/C27H30N4O6/c1-2-12-35-23-8-6-21(7-9-23)30-22-17-28-26(29-18-22)37-16-14-34-13-15-36-25-5-3-4-20-19-31(27(32)33)11-10-24(20)25/h2-9,17-18,30H,1,10-16,19H2,(H,32,33). The zero-order chi connectivity index (χ0) is 25.9. The van der Waals surface area contributed by atoms with E-state index in [1.54, 1.807) is 18.5 Å². The van der Waals surface area contributed by atoms with Gasteiger partial charge >= 0.3 is 12.1 Å². The number of benzene rings is 2. The Hall–Kier alpha value is -4.31. The molecule has 0 fully saturated rings. The van der Waals surface area contributed by atoms with Gasteiger partial charge in [0, 0.05) is 24.3 Å². The molecule has 0 saturated carbocycles. The molecule has 194 valence electrons. The van der Waals surface area contributed by atoms with Gasteiger partial charge in [0.1, 0.15) is 31.3 Å². The fraction of sp³-hybridized carbons (Fsp3) is 0.296. The van der Waals surface area contributed by atoms with Gasteiger partial charge in [-0.3, -0.25) is 0 Å². The van der Waals surface area contributed by atoms with Crippen molar-refractivity contribution in [1.82, 2.24) is 14.9 Å². The number of nitrogens with one attached hydrogen (secondary N) is 1. The van der Waals surface area contributed by atoms with E-state index in [9.17, 15) is 9.90 Å². The molecule has 0 saturated heterocycles. The number of hydrogen-bond donors (Lipinski definition) is 2. The van der Waals surface area contributed by atoms with Crippen molar-refractivity contribution in [2.24, 2.45) is 0 Å². The molecular weight excluding hydrogens is 476 g/mol. The molecule has 1 aliphatic heterocycles. The molecule has 2 aromatic carbocycles. The van der Waals surface area contributed by atoms with Crippen molar-refractivity contribution in [2.45, 2.75) is 13.0 Å². The maximum Gasteiger partial charge on any atom is 0.407 e. The molecule has 1 aliphatic rings. The van der Waals surface area contributed by atoms with E-state index in [4.69, 9.17) is 18.9 Å². The summed E-state index contributed by atoms with van der Waals surface area (Å²) in [5, 5.41) is 12.4. The number of fused-ring (bicyclic) bond motifs is 1. The Labute approximate surface area is 215 Å². The topological polar surface area (TPSA) is 115 Å². The summed E-state index contributed by atoms with van der Waals surface area (Å²) in [4.78, 5) is 21.0. The Balaban J connectivity index is 1.12. The number of amides is 1. The van der Waals surface area contributed by atoms with E-state index >= 15 is 0 Å². The van der Waals surface area contributed by atoms with Crippen molar-refractivity contribution in [1.29, 1.82) is 0 Å². The Bertz CT molecular complexity index is 1170. The highest BCUT2D eigenvalue weighted by atomic mass is 16.5. The molecule has 10 heteroatoms. The Morgan fingerprint density at radius 2 is 1.76 bits per heavy atom. The highest BCUT2D eigenvalue weighted by molar-refractivity contribution is 5.66. The lowest BCUT2D eigenvalue weighted by Gasteiger charge is -2.27. The van der Waals surface area contributed by atoms with Crippen LogP contribution in [0.3, 0.4) is 0 Å². The van der Waals surface area contributed by atoms with Crippen molar-refractivity contribution in [3.05, 3.63) is 78.6 Å². The van der Waals surface area contributed by atoms with Crippen LogP contribution in [-0.4, -0.2) is 65.6 Å². The number of anilines is 2. The van der Waals surface area contributed by atoms with Gasteiger partial charge in [-0.15, -0.1) is 0 Å². The van der Waals surface area contributed by atoms with Gasteiger partial charge in [-0.25, -0.2) is 14.8 Å². The molecule has 10 nitrogen and oxygen atoms in total. The third kappa shape index (κ3) is 7.58. The lowest BCUT2D eigenvalue weighted by atomic mass is 9.99. The van der Waals surface area contributed by atoms with E-state index in [1.807, 2.05) is 42.5 Å². The van der Waals surface area contributed by atoms with Crippen LogP contribution in [0, 0.1) is 0 Å². The molecule has 1 aromatic heterocycles. The lowest BCUT2D eigenvalue weighted by molar-refractivity contribution is 0.0736. The first-order valence-electron chi connectivity index (χ1n) is 12.0. The van der Waals surface area contributed by atoms with Crippen LogP contribution >= 0.6 is 0 Å². The number of nitrogens with zero attached hydrogens (tertiary/aromatic N) is 3. The minimum absolute atomic E-state index is 0.268. The van der Waals surface area contributed by atoms with Crippen molar-refractivity contribution in [2.75, 3.05) is 44.9 Å². The second kappa shape index (κ2) is 13.1. The minimum Gasteiger partial charge on any atom is -0.491 e. The van der Waals surface area contributed by atoms with E-state index in [0.717, 1.165) is 34.0 Å². The maximum absolute atomic E-state index is 11.2. The first-order valence-corrected chi connectivity index (χ1v) is 12.0. The van der Waals surface area contributed by atoms with Crippen LogP contribution < -0.4 is 19.5 Å². The highest BCUT2D eigenvalue weighted by Gasteiger charge is 2.22. The summed E-state index contributed by atoms with van der Waals surface area (Å²) >= 11 is 0. The molecule has 3 aromatic rings. The number of ether oxygens (including phenoxy) is 4. The highest BCUT2D eigenvalue weighted by Crippen LogP contribution is 2.28. The maximum atomic E-state index is 11.2. The molecule has 0 unspecified atom stereocenters. The second-order valence-electron chi connectivity index (χ2n) is 8.16. The van der Waals surface area contributed by atoms with Crippen LogP contribution in [0.2, 0.25) is 0 Å². The van der Waals surface area contributed by atoms with Gasteiger partial charge in [0.25, 0.3) is 0 Å². The molecule has 1 amide bonds. The monoisotopic (exact) mass is 506 g/mol. The third-order valence-corrected chi connectivity index (χ3v) is 5.58. The Kier molecular flexibility index (Phi) is 9.14. The Morgan fingerprint density at radius 3 is 2.49 bits per heavy atom. The van der Waals surface area contributed by atoms with Crippen molar-refractivity contribution >= 4 is 17.5 Å². The summed E-state index contributed by atoms with van der Waals surface area (Å²) in [6.07, 6.45) is 4.73. The molecule has 0 spiro atoms. The molecule has 0 aliphatic carbocycles. The smallest absolute Gasteiger partial charge is 0.407 e. The van der Waals surface area contributed by atoms with E-state index in [-0.39, 0.29) is 6.01 Å². The zero-order valence-electron chi connectivity index (χ0n) is 20.5. The fourth-order valence-electron chi connectivity index (χ4n) is 3.79. The largest absolute Gasteiger partial charge is 0.491 e. The normalized spacial score (nSPS) is 12.4. The quantitative estimate of drug-likeness (QED) is 0.259. The van der Waals surface area contributed by atoms with Crippen molar-refractivity contribution < 1.29 is 28.8 Å². The van der Waals surface area contributed by atoms with Crippen molar-refractivity contribution in [3.8, 4) is 17.5 Å². The first-order chi connectivity index (χ1) is 18.1. The number of rotatable bonds is 13. The lowest BCUT2D eigenvalue weighted by Crippen LogP contribution is -2.34. The molecule has 37 heavy (non-hydrogen) atoms. The van der Waals surface area contributed by atoms with Crippen LogP contribution in [-0.2, 0) is 17.7 Å². The summed E-state index contributed by atoms with van der Waals surface area (Å²) < 4.78 is 22.5. The van der Waals surface area contributed by atoms with Crippen LogP contribution in [0.5, 0.6) is 17.5 Å². The molecule has 2 heterocycles. The van der Waals surface area contributed by atoms with E-state index in [0.29, 0.717) is 52.5 Å². The van der Waals surface area contributed by atoms with Gasteiger partial charge in [-0.1, -0.05) is 24.8 Å². The van der Waals surface area contributed by atoms with Gasteiger partial charge in [-0.05, 0) is 42.3 Å². The van der Waals surface area contributed by atoms with E-state index in [2.05, 4.69) is 21.9 Å². The average molecular weight is 507 g/mol. The van der Waals surface area contributed by atoms with Crippen LogP contribution in [0.15, 0.2) is 67.5 Å². The van der Waals surface area contributed by atoms with Crippen LogP contribution in [0.1, 0.15) is 11.1 Å². The van der Waals surface area contributed by atoms with Gasteiger partial charge in [-0.2, -0.15) is 0 Å². The molecule has 0 atom stereocenters. The number of carboxylic acid groups (broad SMARTS) is 1. The summed E-state index contributed by atoms with van der Waals surface area (Å²) in [5.74, 6) is 1.55. The summed E-state index contributed by atoms with van der Waals surface area (Å²) in [7, 11) is 0. The molecule has 0 radical (unpaired) electrons. The van der Waals surface area contributed by atoms with Gasteiger partial charge in [0.05, 0.1) is 31.3 Å². The summed E-state index contributed by atoms with van der Waals surface area (Å²) in [6, 6.07) is 13.5. The fourth-order valence-corrected chi connectivity index (χ4v) is 3.79. The molecular formula is C27H30N4O6. The van der Waals surface area contributed by atoms with Crippen LogP contribution in [0.4, 0.5) is 16.2 Å². The van der Waals surface area contributed by atoms with Gasteiger partial charge in [0.15, 0.2) is 0 Å². The SMILES string of the molecule is C=CCOc1ccc(Nc2cnc(OCCOCCOc3cccc4c3CCN(C(=O)O)C4)nc2)cc1. The average Bonchev–Trinajstić information content (AvgIpc) is 2.92. The van der Waals surface area contributed by atoms with Crippen LogP contribution in [0.25, 0.3) is 0 Å². The number of carbonyl (C=O) groups is 1. The van der Waals surface area contributed by atoms with E-state index < -0.39 is 6.09 Å². The predicted molar refractivity (Wildman–Crippen MR) is 138 cm³/mol. The molecule has 4 rings (SSSR count). The molecule has 2 N–H and O–H groups in total. The minimum atomic E-state index is -0.901. The number of hydrogen-bond acceptors (Lipinski definition) is 8. The van der Waals surface area contributed by atoms with Gasteiger partial charge < -0.3 is 34.3 Å². The first kappa shape index (κ1) is 25.8. The summed E-state index contributed by atoms with van der Waals surface area (Å²) in [5.41, 5.74) is 3.66. The summed E-state index contributed by atoms with van der Waals surface area (Å²) in [6.45, 7) is 6.41. The second-order valence-corrected chi connectivity index (χ2v) is 8.16. The zero-order valence-corrected chi connectivity index (χ0v) is 20.5. The predicted octanol–water partition coefficient (Wildman–Crippen LogP) is 4.30.